The van der Waals surface area contributed by atoms with Crippen LogP contribution in [-0.4, -0.2) is 73.9 Å². The maximum Gasteiger partial charge on any atom is 0.407 e. The van der Waals surface area contributed by atoms with E-state index >= 15 is 0 Å². The molecule has 9 rings (SSSR count). The predicted octanol–water partition coefficient (Wildman–Crippen LogP) is 6.82. The van der Waals surface area contributed by atoms with Gasteiger partial charge in [-0.1, -0.05) is 58.0 Å². The average Bonchev–Trinajstić information content (AvgIpc) is 4.08. The molecule has 5 aromatic rings. The summed E-state index contributed by atoms with van der Waals surface area (Å²) in [5, 5.41) is 2.72. The van der Waals surface area contributed by atoms with Gasteiger partial charge in [0.1, 0.15) is 48.4 Å². The Bertz CT molecular complexity index is 2380. The van der Waals surface area contributed by atoms with E-state index in [1.54, 1.807) is 6.20 Å². The number of aromatic amines is 2. The fraction of sp³-hybridized carbons (Fsp3) is 0.400. The lowest BCUT2D eigenvalue weighted by Crippen LogP contribution is -2.51. The first-order valence-corrected chi connectivity index (χ1v) is 20.4. The van der Waals surface area contributed by atoms with Crippen LogP contribution in [0.4, 0.5) is 4.79 Å². The molecule has 0 spiro atoms. The molecule has 0 aliphatic carbocycles. The third kappa shape index (κ3) is 6.98. The normalized spacial score (nSPS) is 21.4. The third-order valence-corrected chi connectivity index (χ3v) is 12.2. The van der Waals surface area contributed by atoms with Gasteiger partial charge in [0.05, 0.1) is 43.0 Å². The SMILES string of the molecule is COC(=O)N[C@H](C(=O)N1C[C@@H](C)C[C@H]1c1ncc(-c2cc3c4c(c2)OCc2cc(-c5cnc([C@@H]6C[C@H](C)CN6C(=O)[C@H](N)c6ccccc6)[nH]5)cc(c2-4)OC3)[nH]1)C(C)C. The number of hydrogen-bond acceptors (Lipinski definition) is 9. The standard InChI is InChI=1S/C45H50N8O6/c1-23(2)40(51-45(56)57-5)44(55)53-20-25(4)12-34(53)42-48-18-32(50-42)28-14-30-22-58-35-15-27(13-29-21-59-36(16-28)38(30)37(29)35)31-17-47-41(49-31)33-11-24(3)19-52(33)43(54)39(46)26-9-7-6-8-10-26/h6-10,13-18,23-25,33-34,39-40H,11-12,19-22,46H2,1-5H3,(H,47,49)(H,48,50)(H,51,56)/t24-,25-,33-,34-,39+,40-/m0/s1. The molecule has 5 N–H and O–H groups in total. The number of alkyl carbamates (subject to hydrolysis) is 1. The van der Waals surface area contributed by atoms with Crippen molar-refractivity contribution in [1.29, 1.82) is 0 Å². The quantitative estimate of drug-likeness (QED) is 0.125. The van der Waals surface area contributed by atoms with E-state index in [0.29, 0.717) is 38.0 Å². The Labute approximate surface area is 342 Å². The molecule has 0 saturated carbocycles. The summed E-state index contributed by atoms with van der Waals surface area (Å²) in [6.07, 6.45) is 4.54. The fourth-order valence-corrected chi connectivity index (χ4v) is 9.25. The molecule has 3 aromatic carbocycles. The lowest BCUT2D eigenvalue weighted by Gasteiger charge is -2.30. The maximum atomic E-state index is 13.8. The summed E-state index contributed by atoms with van der Waals surface area (Å²) in [5.74, 6) is 3.17. The highest BCUT2D eigenvalue weighted by atomic mass is 16.5. The zero-order valence-electron chi connectivity index (χ0n) is 34.0. The number of nitrogens with one attached hydrogen (secondary N) is 3. The van der Waals surface area contributed by atoms with Gasteiger partial charge < -0.3 is 45.0 Å². The number of ether oxygens (including phenoxy) is 3. The lowest BCUT2D eigenvalue weighted by atomic mass is 9.87. The van der Waals surface area contributed by atoms with Crippen molar-refractivity contribution < 1.29 is 28.6 Å². The van der Waals surface area contributed by atoms with Crippen LogP contribution in [-0.2, 0) is 27.5 Å². The van der Waals surface area contributed by atoms with Gasteiger partial charge in [0.2, 0.25) is 11.8 Å². The van der Waals surface area contributed by atoms with E-state index in [9.17, 15) is 14.4 Å². The van der Waals surface area contributed by atoms with Gasteiger partial charge in [-0.15, -0.1) is 0 Å². The molecule has 14 nitrogen and oxygen atoms in total. The van der Waals surface area contributed by atoms with Crippen LogP contribution >= 0.6 is 0 Å². The molecule has 4 aliphatic rings. The molecule has 2 fully saturated rings. The molecule has 306 valence electrons. The largest absolute Gasteiger partial charge is 0.488 e. The second kappa shape index (κ2) is 15.2. The zero-order chi connectivity index (χ0) is 41.1. The molecule has 0 radical (unpaired) electrons. The molecule has 6 heterocycles. The van der Waals surface area contributed by atoms with Crippen molar-refractivity contribution in [3.8, 4) is 45.1 Å². The highest BCUT2D eigenvalue weighted by Crippen LogP contribution is 2.51. The van der Waals surface area contributed by atoms with Crippen molar-refractivity contribution in [3.63, 3.8) is 0 Å². The summed E-state index contributed by atoms with van der Waals surface area (Å²) in [4.78, 5) is 59.9. The number of carbonyl (C=O) groups is 3. The molecule has 3 amide bonds. The van der Waals surface area contributed by atoms with Crippen LogP contribution in [0.15, 0.2) is 67.0 Å². The highest BCUT2D eigenvalue weighted by Gasteiger charge is 2.41. The number of aromatic nitrogens is 4. The molecular weight excluding hydrogens is 749 g/mol. The van der Waals surface area contributed by atoms with Gasteiger partial charge in [-0.25, -0.2) is 14.8 Å². The number of rotatable bonds is 9. The number of hydrogen-bond donors (Lipinski definition) is 4. The second-order valence-electron chi connectivity index (χ2n) is 16.9. The number of methoxy groups -OCH3 is 1. The smallest absolute Gasteiger partial charge is 0.407 e. The van der Waals surface area contributed by atoms with Gasteiger partial charge in [0.25, 0.3) is 0 Å². The van der Waals surface area contributed by atoms with Crippen molar-refractivity contribution >= 4 is 17.9 Å². The molecule has 59 heavy (non-hydrogen) atoms. The Morgan fingerprint density at radius 2 is 1.31 bits per heavy atom. The van der Waals surface area contributed by atoms with E-state index in [-0.39, 0.29) is 35.7 Å². The van der Waals surface area contributed by atoms with Crippen LogP contribution in [0.2, 0.25) is 0 Å². The van der Waals surface area contributed by atoms with Crippen LogP contribution in [0.3, 0.4) is 0 Å². The van der Waals surface area contributed by atoms with Crippen molar-refractivity contribution in [2.75, 3.05) is 20.2 Å². The Morgan fingerprint density at radius 3 is 1.80 bits per heavy atom. The second-order valence-corrected chi connectivity index (χ2v) is 16.9. The van der Waals surface area contributed by atoms with Crippen LogP contribution in [0.1, 0.15) is 87.0 Å². The fourth-order valence-electron chi connectivity index (χ4n) is 9.25. The van der Waals surface area contributed by atoms with Gasteiger partial charge in [-0.05, 0) is 60.4 Å². The van der Waals surface area contributed by atoms with E-state index in [1.165, 1.54) is 7.11 Å². The molecule has 0 bridgehead atoms. The number of benzene rings is 3. The number of amides is 3. The average molecular weight is 799 g/mol. The summed E-state index contributed by atoms with van der Waals surface area (Å²) < 4.78 is 17.7. The van der Waals surface area contributed by atoms with Crippen LogP contribution in [0.25, 0.3) is 33.6 Å². The number of nitrogens with zero attached hydrogens (tertiary/aromatic N) is 4. The minimum atomic E-state index is -0.740. The number of imidazole rings is 2. The van der Waals surface area contributed by atoms with Gasteiger partial charge >= 0.3 is 6.09 Å². The summed E-state index contributed by atoms with van der Waals surface area (Å²) in [6, 6.07) is 15.9. The Morgan fingerprint density at radius 1 is 0.797 bits per heavy atom. The number of likely N-dealkylation sites (tertiary alicyclic amines) is 2. The highest BCUT2D eigenvalue weighted by molar-refractivity contribution is 5.89. The van der Waals surface area contributed by atoms with E-state index in [4.69, 9.17) is 29.9 Å². The minimum Gasteiger partial charge on any atom is -0.488 e. The summed E-state index contributed by atoms with van der Waals surface area (Å²) in [7, 11) is 1.29. The predicted molar refractivity (Wildman–Crippen MR) is 220 cm³/mol. The zero-order valence-corrected chi connectivity index (χ0v) is 34.0. The molecule has 0 unspecified atom stereocenters. The molecule has 14 heteroatoms. The van der Waals surface area contributed by atoms with Crippen molar-refractivity contribution in [2.45, 2.75) is 77.9 Å². The van der Waals surface area contributed by atoms with Crippen molar-refractivity contribution in [3.05, 3.63) is 95.3 Å². The summed E-state index contributed by atoms with van der Waals surface area (Å²) in [5.41, 5.74) is 14.8. The molecule has 2 saturated heterocycles. The maximum absolute atomic E-state index is 13.8. The number of nitrogens with two attached hydrogens (primary N) is 1. The first-order valence-electron chi connectivity index (χ1n) is 20.4. The Hall–Kier alpha value is -6.15. The van der Waals surface area contributed by atoms with Crippen molar-refractivity contribution in [2.24, 2.45) is 23.5 Å². The number of carbonyl (C=O) groups excluding carboxylic acids is 3. The van der Waals surface area contributed by atoms with Gasteiger partial charge in [-0.2, -0.15) is 0 Å². The first-order chi connectivity index (χ1) is 28.5. The van der Waals surface area contributed by atoms with E-state index < -0.39 is 18.2 Å². The van der Waals surface area contributed by atoms with Gasteiger partial charge in [-0.3, -0.25) is 9.59 Å². The molecule has 2 aromatic heterocycles. The molecule has 4 aliphatic heterocycles. The number of H-pyrrole nitrogens is 2. The summed E-state index contributed by atoms with van der Waals surface area (Å²) >= 11 is 0. The summed E-state index contributed by atoms with van der Waals surface area (Å²) in [6.45, 7) is 9.98. The van der Waals surface area contributed by atoms with Crippen LogP contribution in [0, 0.1) is 17.8 Å². The van der Waals surface area contributed by atoms with Gasteiger partial charge in [0, 0.05) is 46.5 Å². The Balaban J connectivity index is 0.954. The van der Waals surface area contributed by atoms with E-state index in [1.807, 2.05) is 66.2 Å². The first kappa shape index (κ1) is 38.4. The third-order valence-electron chi connectivity index (χ3n) is 12.2. The van der Waals surface area contributed by atoms with E-state index in [2.05, 4.69) is 47.3 Å². The van der Waals surface area contributed by atoms with Crippen LogP contribution in [0.5, 0.6) is 11.5 Å². The topological polar surface area (TPSA) is 181 Å². The minimum absolute atomic E-state index is 0.105. The monoisotopic (exact) mass is 798 g/mol. The van der Waals surface area contributed by atoms with Gasteiger partial charge in [0.15, 0.2) is 0 Å². The van der Waals surface area contributed by atoms with Crippen molar-refractivity contribution in [1.82, 2.24) is 35.1 Å². The Kier molecular flexibility index (Phi) is 9.90. The van der Waals surface area contributed by atoms with Crippen LogP contribution < -0.4 is 20.5 Å². The lowest BCUT2D eigenvalue weighted by molar-refractivity contribution is -0.135. The molecular formula is C45H50N8O6. The molecule has 6 atom stereocenters. The van der Waals surface area contributed by atoms with E-state index in [0.717, 1.165) is 80.5 Å².